The van der Waals surface area contributed by atoms with Crippen molar-refractivity contribution in [3.63, 3.8) is 0 Å². The van der Waals surface area contributed by atoms with Gasteiger partial charge in [0.15, 0.2) is 0 Å². The molecule has 0 aromatic carbocycles. The average Bonchev–Trinajstić information content (AvgIpc) is 3.22. The second-order valence-electron chi connectivity index (χ2n) is 8.46. The number of anilines is 1. The number of carbonyl (C=O) groups excluding carboxylic acids is 1. The Bertz CT molecular complexity index is 926. The Morgan fingerprint density at radius 3 is 2.55 bits per heavy atom. The normalized spacial score (nSPS) is 18.5. The fraction of sp³-hybridized carbons (Fsp3) is 0.619. The van der Waals surface area contributed by atoms with Crippen LogP contribution in [0.25, 0.3) is 11.0 Å². The zero-order valence-electron chi connectivity index (χ0n) is 17.2. The summed E-state index contributed by atoms with van der Waals surface area (Å²) in [5.74, 6) is 0.555. The number of nitrogens with zero attached hydrogens (tertiary/aromatic N) is 4. The highest BCUT2D eigenvalue weighted by Gasteiger charge is 2.24. The molecule has 0 spiro atoms. The molecule has 2 aliphatic rings. The van der Waals surface area contributed by atoms with Gasteiger partial charge in [0.25, 0.3) is 5.56 Å². The number of nitrogens with one attached hydrogen (secondary N) is 2. The molecule has 1 saturated heterocycles. The highest BCUT2D eigenvalue weighted by molar-refractivity contribution is 5.75. The summed E-state index contributed by atoms with van der Waals surface area (Å²) in [5, 5.41) is 7.25. The fourth-order valence-electron chi connectivity index (χ4n) is 4.37. The van der Waals surface area contributed by atoms with Gasteiger partial charge in [0, 0.05) is 48.9 Å². The SMILES string of the molecule is CC(C)NC(=O)N1CCC(Nc2ncc3ccc(=O)n(C4CCCC4)c3n2)CC1. The second kappa shape index (κ2) is 8.39. The lowest BCUT2D eigenvalue weighted by molar-refractivity contribution is 0.181. The van der Waals surface area contributed by atoms with Gasteiger partial charge in [-0.05, 0) is 45.6 Å². The van der Waals surface area contributed by atoms with Crippen molar-refractivity contribution < 1.29 is 4.79 Å². The molecule has 2 N–H and O–H groups in total. The average molecular weight is 399 g/mol. The minimum absolute atomic E-state index is 0.000913. The summed E-state index contributed by atoms with van der Waals surface area (Å²) >= 11 is 0. The number of hydrogen-bond acceptors (Lipinski definition) is 5. The number of rotatable bonds is 4. The van der Waals surface area contributed by atoms with E-state index in [4.69, 9.17) is 4.98 Å². The number of aromatic nitrogens is 3. The van der Waals surface area contributed by atoms with Crippen molar-refractivity contribution in [1.82, 2.24) is 24.8 Å². The van der Waals surface area contributed by atoms with Crippen LogP contribution in [0, 0.1) is 0 Å². The van der Waals surface area contributed by atoms with Gasteiger partial charge in [0.2, 0.25) is 5.95 Å². The Morgan fingerprint density at radius 1 is 1.14 bits per heavy atom. The zero-order chi connectivity index (χ0) is 20.4. The van der Waals surface area contributed by atoms with Crippen LogP contribution in [0.5, 0.6) is 0 Å². The summed E-state index contributed by atoms with van der Waals surface area (Å²) in [6, 6.07) is 4.01. The molecular formula is C21H30N6O2. The summed E-state index contributed by atoms with van der Waals surface area (Å²) in [5.41, 5.74) is 0.731. The molecule has 0 atom stereocenters. The van der Waals surface area contributed by atoms with E-state index in [1.54, 1.807) is 18.3 Å². The van der Waals surface area contributed by atoms with Crippen molar-refractivity contribution >= 4 is 23.0 Å². The fourth-order valence-corrected chi connectivity index (χ4v) is 4.37. The number of urea groups is 1. The Labute approximate surface area is 170 Å². The van der Waals surface area contributed by atoms with E-state index < -0.39 is 0 Å². The Balaban J connectivity index is 1.47. The van der Waals surface area contributed by atoms with Gasteiger partial charge >= 0.3 is 6.03 Å². The van der Waals surface area contributed by atoms with E-state index in [1.807, 2.05) is 23.3 Å². The maximum Gasteiger partial charge on any atom is 0.317 e. The molecule has 8 nitrogen and oxygen atoms in total. The van der Waals surface area contributed by atoms with Gasteiger partial charge in [0.1, 0.15) is 5.65 Å². The lowest BCUT2D eigenvalue weighted by Gasteiger charge is -2.33. The van der Waals surface area contributed by atoms with Crippen LogP contribution in [0.1, 0.15) is 58.4 Å². The first-order valence-corrected chi connectivity index (χ1v) is 10.7. The maximum atomic E-state index is 12.5. The highest BCUT2D eigenvalue weighted by atomic mass is 16.2. The van der Waals surface area contributed by atoms with Crippen molar-refractivity contribution in [2.24, 2.45) is 0 Å². The smallest absolute Gasteiger partial charge is 0.317 e. The molecule has 156 valence electrons. The largest absolute Gasteiger partial charge is 0.351 e. The molecule has 2 aromatic rings. The third-order valence-corrected chi connectivity index (χ3v) is 5.88. The standard InChI is InChI=1S/C21H30N6O2/c1-14(2)23-21(29)26-11-9-16(10-12-26)24-20-22-13-15-7-8-18(28)27(19(15)25-20)17-5-3-4-6-17/h7-8,13-14,16-17H,3-6,9-12H2,1-2H3,(H,23,29)(H,22,24,25). The van der Waals surface area contributed by atoms with Crippen molar-refractivity contribution in [2.45, 2.75) is 70.5 Å². The van der Waals surface area contributed by atoms with Crippen LogP contribution in [0.15, 0.2) is 23.1 Å². The van der Waals surface area contributed by atoms with Crippen molar-refractivity contribution in [2.75, 3.05) is 18.4 Å². The van der Waals surface area contributed by atoms with Crippen LogP contribution in [-0.2, 0) is 0 Å². The quantitative estimate of drug-likeness (QED) is 0.826. The maximum absolute atomic E-state index is 12.5. The molecule has 0 bridgehead atoms. The minimum atomic E-state index is 0.000913. The first-order chi connectivity index (χ1) is 14.0. The molecule has 0 unspecified atom stereocenters. The van der Waals surface area contributed by atoms with Gasteiger partial charge in [-0.2, -0.15) is 4.98 Å². The molecule has 1 aliphatic heterocycles. The summed E-state index contributed by atoms with van der Waals surface area (Å²) in [4.78, 5) is 35.7. The van der Waals surface area contributed by atoms with Crippen LogP contribution >= 0.6 is 0 Å². The van der Waals surface area contributed by atoms with E-state index in [-0.39, 0.29) is 29.7 Å². The number of likely N-dealkylation sites (tertiary alicyclic amines) is 1. The first-order valence-electron chi connectivity index (χ1n) is 10.7. The lowest BCUT2D eigenvalue weighted by Crippen LogP contribution is -2.48. The third-order valence-electron chi connectivity index (χ3n) is 5.88. The first kappa shape index (κ1) is 19.7. The lowest BCUT2D eigenvalue weighted by atomic mass is 10.1. The van der Waals surface area contributed by atoms with Crippen molar-refractivity contribution in [3.8, 4) is 0 Å². The Morgan fingerprint density at radius 2 is 1.86 bits per heavy atom. The van der Waals surface area contributed by atoms with Crippen molar-refractivity contribution in [3.05, 3.63) is 28.7 Å². The topological polar surface area (TPSA) is 92.2 Å². The summed E-state index contributed by atoms with van der Waals surface area (Å²) in [6.45, 7) is 5.34. The highest BCUT2D eigenvalue weighted by Crippen LogP contribution is 2.30. The molecular weight excluding hydrogens is 368 g/mol. The number of fused-ring (bicyclic) bond motifs is 1. The van der Waals surface area contributed by atoms with E-state index in [0.29, 0.717) is 19.0 Å². The number of piperidine rings is 1. The molecule has 29 heavy (non-hydrogen) atoms. The van der Waals surface area contributed by atoms with Crippen LogP contribution in [0.4, 0.5) is 10.7 Å². The molecule has 8 heteroatoms. The van der Waals surface area contributed by atoms with Gasteiger partial charge < -0.3 is 15.5 Å². The van der Waals surface area contributed by atoms with Crippen LogP contribution in [0.3, 0.4) is 0 Å². The molecule has 4 rings (SSSR count). The second-order valence-corrected chi connectivity index (χ2v) is 8.46. The van der Waals surface area contributed by atoms with E-state index >= 15 is 0 Å². The molecule has 1 saturated carbocycles. The predicted molar refractivity (Wildman–Crippen MR) is 113 cm³/mol. The van der Waals surface area contributed by atoms with E-state index in [1.165, 1.54) is 0 Å². The number of hydrogen-bond donors (Lipinski definition) is 2. The van der Waals surface area contributed by atoms with Gasteiger partial charge in [-0.25, -0.2) is 9.78 Å². The summed E-state index contributed by atoms with van der Waals surface area (Å²) < 4.78 is 1.86. The van der Waals surface area contributed by atoms with E-state index in [0.717, 1.165) is 49.6 Å². The minimum Gasteiger partial charge on any atom is -0.351 e. The number of pyridine rings is 1. The monoisotopic (exact) mass is 398 g/mol. The molecule has 2 fully saturated rings. The molecule has 3 heterocycles. The third kappa shape index (κ3) is 4.36. The van der Waals surface area contributed by atoms with Crippen LogP contribution in [-0.4, -0.2) is 50.6 Å². The van der Waals surface area contributed by atoms with Gasteiger partial charge in [0.05, 0.1) is 0 Å². The van der Waals surface area contributed by atoms with Crippen LogP contribution < -0.4 is 16.2 Å². The van der Waals surface area contributed by atoms with Gasteiger partial charge in [-0.1, -0.05) is 12.8 Å². The predicted octanol–water partition coefficient (Wildman–Crippen LogP) is 2.90. The molecule has 0 radical (unpaired) electrons. The molecule has 2 amide bonds. The van der Waals surface area contributed by atoms with E-state index in [9.17, 15) is 9.59 Å². The van der Waals surface area contributed by atoms with E-state index in [2.05, 4.69) is 15.6 Å². The Hall–Kier alpha value is -2.64. The van der Waals surface area contributed by atoms with Crippen molar-refractivity contribution in [1.29, 1.82) is 0 Å². The number of carbonyl (C=O) groups is 1. The van der Waals surface area contributed by atoms with Gasteiger partial charge in [-0.3, -0.25) is 9.36 Å². The van der Waals surface area contributed by atoms with Crippen LogP contribution in [0.2, 0.25) is 0 Å². The Kier molecular flexibility index (Phi) is 5.69. The zero-order valence-corrected chi connectivity index (χ0v) is 17.2. The van der Waals surface area contributed by atoms with Gasteiger partial charge in [-0.15, -0.1) is 0 Å². The molecule has 2 aromatic heterocycles. The number of amides is 2. The summed E-state index contributed by atoms with van der Waals surface area (Å²) in [7, 11) is 0. The summed E-state index contributed by atoms with van der Waals surface area (Å²) in [6.07, 6.45) is 7.86. The molecule has 1 aliphatic carbocycles.